The zero-order valence-corrected chi connectivity index (χ0v) is 13.3. The molecule has 0 radical (unpaired) electrons. The summed E-state index contributed by atoms with van der Waals surface area (Å²) in [5.74, 6) is 0.881. The maximum Gasteiger partial charge on any atom is 0.195 e. The summed E-state index contributed by atoms with van der Waals surface area (Å²) in [5.41, 5.74) is 0. The van der Waals surface area contributed by atoms with Gasteiger partial charge in [-0.2, -0.15) is 5.10 Å². The van der Waals surface area contributed by atoms with Crippen molar-refractivity contribution >= 4 is 23.6 Å². The number of nitrogens with zero attached hydrogens (tertiary/aromatic N) is 3. The van der Waals surface area contributed by atoms with Crippen LogP contribution in [0.4, 0.5) is 0 Å². The first kappa shape index (κ1) is 13.9. The van der Waals surface area contributed by atoms with Crippen molar-refractivity contribution in [1.29, 1.82) is 0 Å². The van der Waals surface area contributed by atoms with Gasteiger partial charge in [0.2, 0.25) is 0 Å². The molecule has 20 heavy (non-hydrogen) atoms. The third kappa shape index (κ3) is 2.45. The summed E-state index contributed by atoms with van der Waals surface area (Å²) in [5, 5.41) is 8.31. The van der Waals surface area contributed by atoms with Gasteiger partial charge in [-0.05, 0) is 38.4 Å². The van der Waals surface area contributed by atoms with Gasteiger partial charge in [-0.15, -0.1) is 11.3 Å². The van der Waals surface area contributed by atoms with Gasteiger partial charge in [0.1, 0.15) is 11.1 Å². The largest absolute Gasteiger partial charge is 0.371 e. The molecule has 3 heterocycles. The fourth-order valence-corrected chi connectivity index (χ4v) is 3.68. The molecule has 2 atom stereocenters. The van der Waals surface area contributed by atoms with Gasteiger partial charge >= 0.3 is 0 Å². The number of hydrogen-bond acceptors (Lipinski definition) is 5. The van der Waals surface area contributed by atoms with E-state index in [-0.39, 0.29) is 6.10 Å². The number of hydrogen-bond donors (Lipinski definition) is 1. The summed E-state index contributed by atoms with van der Waals surface area (Å²) < 4.78 is 8.42. The Bertz CT molecular complexity index is 639. The highest BCUT2D eigenvalue weighted by molar-refractivity contribution is 7.71. The topological polar surface area (TPSA) is 55.7 Å². The minimum absolute atomic E-state index is 0.160. The second-order valence-electron chi connectivity index (χ2n) is 5.04. The molecule has 1 aliphatic heterocycles. The Balaban J connectivity index is 1.95. The molecule has 0 spiro atoms. The Morgan fingerprint density at radius 2 is 2.50 bits per heavy atom. The molecule has 0 amide bonds. The molecule has 3 rings (SSSR count). The Morgan fingerprint density at radius 3 is 3.20 bits per heavy atom. The summed E-state index contributed by atoms with van der Waals surface area (Å²) in [4.78, 5) is 5.55. The molecule has 2 aromatic rings. The van der Waals surface area contributed by atoms with Gasteiger partial charge in [0.05, 0.1) is 4.88 Å². The lowest BCUT2D eigenvalue weighted by Gasteiger charge is -2.12. The maximum absolute atomic E-state index is 5.68. The van der Waals surface area contributed by atoms with Gasteiger partial charge in [-0.25, -0.2) is 4.98 Å². The maximum atomic E-state index is 5.68. The first-order chi connectivity index (χ1) is 9.70. The average Bonchev–Trinajstić information content (AvgIpc) is 3.16. The van der Waals surface area contributed by atoms with Crippen LogP contribution in [-0.2, 0) is 4.74 Å². The number of aromatic amines is 1. The second-order valence-corrected chi connectivity index (χ2v) is 6.49. The molecule has 7 heteroatoms. The second kappa shape index (κ2) is 5.75. The van der Waals surface area contributed by atoms with Crippen molar-refractivity contribution in [3.8, 4) is 10.7 Å². The van der Waals surface area contributed by atoms with Gasteiger partial charge in [0.25, 0.3) is 0 Å². The summed E-state index contributed by atoms with van der Waals surface area (Å²) in [6.07, 6.45) is 5.23. The number of thiazole rings is 1. The van der Waals surface area contributed by atoms with Gasteiger partial charge in [-0.1, -0.05) is 6.92 Å². The molecule has 1 aliphatic rings. The molecular formula is C13H18N4OS2. The molecule has 0 saturated carbocycles. The molecule has 1 fully saturated rings. The highest BCUT2D eigenvalue weighted by Crippen LogP contribution is 2.35. The van der Waals surface area contributed by atoms with E-state index < -0.39 is 0 Å². The van der Waals surface area contributed by atoms with Crippen molar-refractivity contribution in [3.63, 3.8) is 0 Å². The van der Waals surface area contributed by atoms with E-state index in [9.17, 15) is 0 Å². The van der Waals surface area contributed by atoms with Crippen LogP contribution in [0.2, 0.25) is 0 Å². The molecular weight excluding hydrogens is 292 g/mol. The van der Waals surface area contributed by atoms with Crippen LogP contribution in [0, 0.1) is 4.77 Å². The molecule has 0 aliphatic carbocycles. The predicted molar refractivity (Wildman–Crippen MR) is 81.4 cm³/mol. The third-order valence-electron chi connectivity index (χ3n) is 3.69. The first-order valence-corrected chi connectivity index (χ1v) is 8.17. The van der Waals surface area contributed by atoms with Crippen LogP contribution in [0.5, 0.6) is 0 Å². The molecule has 2 aromatic heterocycles. The smallest absolute Gasteiger partial charge is 0.195 e. The van der Waals surface area contributed by atoms with Gasteiger partial charge < -0.3 is 4.74 Å². The quantitative estimate of drug-likeness (QED) is 0.871. The monoisotopic (exact) mass is 310 g/mol. The molecule has 1 N–H and O–H groups in total. The minimum Gasteiger partial charge on any atom is -0.371 e. The summed E-state index contributed by atoms with van der Waals surface area (Å²) in [6.45, 7) is 5.13. The lowest BCUT2D eigenvalue weighted by molar-refractivity contribution is 0.111. The van der Waals surface area contributed by atoms with E-state index >= 15 is 0 Å². The number of ether oxygens (including phenoxy) is 1. The highest BCUT2D eigenvalue weighted by Gasteiger charge is 2.23. The average molecular weight is 310 g/mol. The minimum atomic E-state index is 0.160. The van der Waals surface area contributed by atoms with E-state index in [0.29, 0.717) is 10.8 Å². The summed E-state index contributed by atoms with van der Waals surface area (Å²) >= 11 is 6.99. The summed E-state index contributed by atoms with van der Waals surface area (Å²) in [7, 11) is 0. The molecule has 2 unspecified atom stereocenters. The Hall–Kier alpha value is -1.05. The van der Waals surface area contributed by atoms with Crippen molar-refractivity contribution < 1.29 is 4.74 Å². The fraction of sp³-hybridized carbons (Fsp3) is 0.615. The summed E-state index contributed by atoms with van der Waals surface area (Å²) in [6, 6.07) is 0.324. The predicted octanol–water partition coefficient (Wildman–Crippen LogP) is 3.89. The molecule has 108 valence electrons. The standard InChI is InChI=1S/C13H18N4OS2/c1-3-8(2)17-11(15-16-13(17)19)10-7-14-12(20-10)9-5-4-6-18-9/h7-9H,3-6H2,1-2H3,(H,16,19). The number of aromatic nitrogens is 4. The molecule has 0 bridgehead atoms. The molecule has 1 saturated heterocycles. The third-order valence-corrected chi connectivity index (χ3v) is 5.06. The normalized spacial score (nSPS) is 20.4. The van der Waals surface area contributed by atoms with Gasteiger partial charge in [-0.3, -0.25) is 9.67 Å². The lowest BCUT2D eigenvalue weighted by Crippen LogP contribution is -2.05. The van der Waals surface area contributed by atoms with Crippen LogP contribution in [-0.4, -0.2) is 26.4 Å². The van der Waals surface area contributed by atoms with Gasteiger partial charge in [0, 0.05) is 18.8 Å². The van der Waals surface area contributed by atoms with Crippen molar-refractivity contribution in [2.24, 2.45) is 0 Å². The van der Waals surface area contributed by atoms with Crippen molar-refractivity contribution in [2.75, 3.05) is 6.61 Å². The SMILES string of the molecule is CCC(C)n1c(-c2cnc(C3CCCO3)s2)n[nH]c1=S. The highest BCUT2D eigenvalue weighted by atomic mass is 32.1. The zero-order valence-electron chi connectivity index (χ0n) is 11.6. The number of H-pyrrole nitrogens is 1. The van der Waals surface area contributed by atoms with Crippen LogP contribution in [0.25, 0.3) is 10.7 Å². The van der Waals surface area contributed by atoms with Crippen molar-refractivity contribution in [2.45, 2.75) is 45.3 Å². The van der Waals surface area contributed by atoms with E-state index in [1.165, 1.54) is 0 Å². The Morgan fingerprint density at radius 1 is 1.65 bits per heavy atom. The van der Waals surface area contributed by atoms with Crippen LogP contribution in [0.1, 0.15) is 50.3 Å². The van der Waals surface area contributed by atoms with E-state index in [0.717, 1.165) is 41.6 Å². The van der Waals surface area contributed by atoms with E-state index in [4.69, 9.17) is 17.0 Å². The van der Waals surface area contributed by atoms with E-state index in [2.05, 4.69) is 33.6 Å². The van der Waals surface area contributed by atoms with Crippen LogP contribution >= 0.6 is 23.6 Å². The molecule has 5 nitrogen and oxygen atoms in total. The van der Waals surface area contributed by atoms with Crippen molar-refractivity contribution in [3.05, 3.63) is 16.0 Å². The number of rotatable bonds is 4. The van der Waals surface area contributed by atoms with Crippen LogP contribution < -0.4 is 0 Å². The van der Waals surface area contributed by atoms with Crippen LogP contribution in [0.3, 0.4) is 0 Å². The first-order valence-electron chi connectivity index (χ1n) is 6.95. The number of nitrogens with one attached hydrogen (secondary N) is 1. The fourth-order valence-electron chi connectivity index (χ4n) is 2.38. The Kier molecular flexibility index (Phi) is 4.00. The van der Waals surface area contributed by atoms with E-state index in [1.54, 1.807) is 11.3 Å². The lowest BCUT2D eigenvalue weighted by atomic mass is 10.2. The molecule has 0 aromatic carbocycles. The zero-order chi connectivity index (χ0) is 14.1. The van der Waals surface area contributed by atoms with Crippen molar-refractivity contribution in [1.82, 2.24) is 19.7 Å². The van der Waals surface area contributed by atoms with E-state index in [1.807, 2.05) is 6.20 Å². The Labute approximate surface area is 127 Å². The van der Waals surface area contributed by atoms with Crippen LogP contribution in [0.15, 0.2) is 6.20 Å². The van der Waals surface area contributed by atoms with Gasteiger partial charge in [0.15, 0.2) is 10.6 Å².